The SMILES string of the molecule is Cc1c(COc2cc(OCc3cncc(C#N)c3)c(CNCc3cncs3)cc2Cl)cccc1-c1cccc(OCC2CCCN(C)C2)c1Cl. The van der Waals surface area contributed by atoms with Crippen molar-refractivity contribution >= 4 is 34.5 Å². The van der Waals surface area contributed by atoms with Gasteiger partial charge in [0.25, 0.3) is 0 Å². The Hall–Kier alpha value is -4.17. The molecule has 5 aromatic rings. The number of hydrogen-bond donors (Lipinski definition) is 1. The molecule has 8 nitrogen and oxygen atoms in total. The zero-order valence-corrected chi connectivity index (χ0v) is 30.5. The number of rotatable bonds is 14. The Morgan fingerprint density at radius 2 is 1.76 bits per heavy atom. The fourth-order valence-electron chi connectivity index (χ4n) is 6.13. The quantitative estimate of drug-likeness (QED) is 0.121. The Labute approximate surface area is 307 Å². The van der Waals surface area contributed by atoms with Gasteiger partial charge in [0.2, 0.25) is 0 Å². The summed E-state index contributed by atoms with van der Waals surface area (Å²) in [6, 6.07) is 19.7. The number of halogens is 2. The third-order valence-electron chi connectivity index (χ3n) is 8.81. The first-order valence-electron chi connectivity index (χ1n) is 16.6. The highest BCUT2D eigenvalue weighted by Crippen LogP contribution is 2.39. The van der Waals surface area contributed by atoms with E-state index >= 15 is 0 Å². The standard InChI is InChI=1S/C39H39Cl2N5O3S/c1-26-30(7-3-8-33(26)34-9-4-10-36(39(34)41)47-22-27-6-5-11-46(2)21-27)24-49-38-14-37(48-23-29-12-28(15-42)16-43-17-29)31(13-35(38)40)18-44-19-32-20-45-25-50-32/h3-4,7-10,12-14,16-17,20,25,27,44H,5-6,11,18-19,21-24H2,1-2H3. The minimum Gasteiger partial charge on any atom is -0.492 e. The van der Waals surface area contributed by atoms with E-state index in [1.54, 1.807) is 23.6 Å². The number of ether oxygens (including phenoxy) is 3. The van der Waals surface area contributed by atoms with Crippen LogP contribution in [0.5, 0.6) is 17.2 Å². The molecule has 0 saturated carbocycles. The third kappa shape index (κ3) is 9.13. The Kier molecular flexibility index (Phi) is 12.2. The molecule has 2 aromatic heterocycles. The highest BCUT2D eigenvalue weighted by molar-refractivity contribution is 7.09. The fraction of sp³-hybridized carbons (Fsp3) is 0.308. The van der Waals surface area contributed by atoms with E-state index in [0.717, 1.165) is 51.3 Å². The lowest BCUT2D eigenvalue weighted by Crippen LogP contribution is -2.34. The van der Waals surface area contributed by atoms with Crippen molar-refractivity contribution in [2.75, 3.05) is 26.7 Å². The van der Waals surface area contributed by atoms with E-state index in [2.05, 4.69) is 46.3 Å². The summed E-state index contributed by atoms with van der Waals surface area (Å²) >= 11 is 15.4. The largest absolute Gasteiger partial charge is 0.492 e. The molecular weight excluding hydrogens is 689 g/mol. The number of aromatic nitrogens is 2. The topological polar surface area (TPSA) is 92.5 Å². The third-order valence-corrected chi connectivity index (χ3v) is 10.3. The van der Waals surface area contributed by atoms with Gasteiger partial charge in [-0.15, -0.1) is 11.3 Å². The second-order valence-corrected chi connectivity index (χ2v) is 14.3. The van der Waals surface area contributed by atoms with Crippen LogP contribution in [-0.2, 0) is 26.3 Å². The van der Waals surface area contributed by atoms with Gasteiger partial charge in [-0.3, -0.25) is 9.97 Å². The number of pyridine rings is 1. The lowest BCUT2D eigenvalue weighted by atomic mass is 9.96. The van der Waals surface area contributed by atoms with E-state index in [4.69, 9.17) is 37.4 Å². The van der Waals surface area contributed by atoms with Gasteiger partial charge in [-0.2, -0.15) is 5.26 Å². The van der Waals surface area contributed by atoms with E-state index in [1.807, 2.05) is 54.2 Å². The monoisotopic (exact) mass is 727 g/mol. The summed E-state index contributed by atoms with van der Waals surface area (Å²) in [5.74, 6) is 2.32. The van der Waals surface area contributed by atoms with Gasteiger partial charge in [-0.25, -0.2) is 0 Å². The van der Waals surface area contributed by atoms with Crippen LogP contribution in [0.3, 0.4) is 0 Å². The molecule has 258 valence electrons. The number of likely N-dealkylation sites (tertiary alicyclic amines) is 1. The van der Waals surface area contributed by atoms with E-state index in [0.29, 0.717) is 65.1 Å². The summed E-state index contributed by atoms with van der Waals surface area (Å²) in [7, 11) is 2.16. The number of thiazole rings is 1. The Bertz CT molecular complexity index is 1950. The first kappa shape index (κ1) is 35.6. The molecule has 1 saturated heterocycles. The highest BCUT2D eigenvalue weighted by Gasteiger charge is 2.20. The number of nitrogens with zero attached hydrogens (tertiary/aromatic N) is 4. The van der Waals surface area contributed by atoms with Gasteiger partial charge in [-0.05, 0) is 68.2 Å². The number of piperidine rings is 1. The molecule has 3 aromatic carbocycles. The van der Waals surface area contributed by atoms with E-state index in [-0.39, 0.29) is 6.61 Å². The summed E-state index contributed by atoms with van der Waals surface area (Å²) in [4.78, 5) is 11.8. The first-order valence-corrected chi connectivity index (χ1v) is 18.2. The van der Waals surface area contributed by atoms with Crippen molar-refractivity contribution in [3.8, 4) is 34.4 Å². The number of nitriles is 1. The predicted molar refractivity (Wildman–Crippen MR) is 199 cm³/mol. The molecular formula is C39H39Cl2N5O3S. The molecule has 50 heavy (non-hydrogen) atoms. The van der Waals surface area contributed by atoms with Gasteiger partial charge in [0.15, 0.2) is 0 Å². The summed E-state index contributed by atoms with van der Waals surface area (Å²) in [5.41, 5.74) is 7.95. The van der Waals surface area contributed by atoms with Crippen LogP contribution < -0.4 is 19.5 Å². The van der Waals surface area contributed by atoms with Crippen LogP contribution in [0.1, 0.15) is 45.5 Å². The average Bonchev–Trinajstić information content (AvgIpc) is 3.65. The smallest absolute Gasteiger partial charge is 0.142 e. The zero-order chi connectivity index (χ0) is 34.9. The molecule has 0 spiro atoms. The Morgan fingerprint density at radius 3 is 2.58 bits per heavy atom. The van der Waals surface area contributed by atoms with Gasteiger partial charge in [0.1, 0.15) is 36.5 Å². The maximum Gasteiger partial charge on any atom is 0.142 e. The lowest BCUT2D eigenvalue weighted by molar-refractivity contribution is 0.150. The van der Waals surface area contributed by atoms with Crippen LogP contribution in [0.2, 0.25) is 10.0 Å². The zero-order valence-electron chi connectivity index (χ0n) is 28.1. The Morgan fingerprint density at radius 1 is 0.920 bits per heavy atom. The van der Waals surface area contributed by atoms with Crippen molar-refractivity contribution < 1.29 is 14.2 Å². The van der Waals surface area contributed by atoms with Crippen molar-refractivity contribution in [3.63, 3.8) is 0 Å². The maximum absolute atomic E-state index is 9.30. The van der Waals surface area contributed by atoms with E-state index in [9.17, 15) is 5.26 Å². The fourth-order valence-corrected chi connectivity index (χ4v) is 7.22. The lowest BCUT2D eigenvalue weighted by Gasteiger charge is -2.29. The molecule has 1 aliphatic heterocycles. The van der Waals surface area contributed by atoms with Crippen LogP contribution in [0.25, 0.3) is 11.1 Å². The number of nitrogens with one attached hydrogen (secondary N) is 1. The number of hydrogen-bond acceptors (Lipinski definition) is 9. The van der Waals surface area contributed by atoms with Crippen LogP contribution in [0.15, 0.2) is 78.7 Å². The highest BCUT2D eigenvalue weighted by atomic mass is 35.5. The van der Waals surface area contributed by atoms with Gasteiger partial charge < -0.3 is 24.4 Å². The second-order valence-electron chi connectivity index (χ2n) is 12.5. The van der Waals surface area contributed by atoms with Crippen LogP contribution in [-0.4, -0.2) is 41.6 Å². The molecule has 0 bridgehead atoms. The average molecular weight is 729 g/mol. The molecule has 1 atom stereocenters. The summed E-state index contributed by atoms with van der Waals surface area (Å²) < 4.78 is 18.9. The van der Waals surface area contributed by atoms with Gasteiger partial charge in [0, 0.05) is 71.8 Å². The molecule has 1 N–H and O–H groups in total. The van der Waals surface area contributed by atoms with Crippen molar-refractivity contribution in [1.29, 1.82) is 5.26 Å². The molecule has 1 unspecified atom stereocenters. The van der Waals surface area contributed by atoms with E-state index in [1.165, 1.54) is 19.0 Å². The second kappa shape index (κ2) is 17.2. The Balaban J connectivity index is 1.18. The van der Waals surface area contributed by atoms with Crippen molar-refractivity contribution in [2.24, 2.45) is 5.92 Å². The maximum atomic E-state index is 9.30. The molecule has 1 fully saturated rings. The minimum absolute atomic E-state index is 0.230. The summed E-state index contributed by atoms with van der Waals surface area (Å²) in [6.45, 7) is 6.61. The molecule has 0 amide bonds. The van der Waals surface area contributed by atoms with Gasteiger partial charge >= 0.3 is 0 Å². The number of benzene rings is 3. The van der Waals surface area contributed by atoms with Crippen molar-refractivity contribution in [1.82, 2.24) is 20.2 Å². The molecule has 0 radical (unpaired) electrons. The van der Waals surface area contributed by atoms with Crippen molar-refractivity contribution in [2.45, 2.75) is 46.1 Å². The summed E-state index contributed by atoms with van der Waals surface area (Å²) in [5, 5.41) is 13.8. The van der Waals surface area contributed by atoms with Gasteiger partial charge in [0.05, 0.1) is 27.7 Å². The normalized spacial score (nSPS) is 14.7. The van der Waals surface area contributed by atoms with Crippen LogP contribution >= 0.6 is 34.5 Å². The van der Waals surface area contributed by atoms with E-state index < -0.39 is 0 Å². The van der Waals surface area contributed by atoms with Gasteiger partial charge in [-0.1, -0.05) is 53.5 Å². The molecule has 6 rings (SSSR count). The molecule has 0 aliphatic carbocycles. The minimum atomic E-state index is 0.230. The molecule has 1 aliphatic rings. The molecule has 3 heterocycles. The van der Waals surface area contributed by atoms with Crippen LogP contribution in [0, 0.1) is 24.2 Å². The summed E-state index contributed by atoms with van der Waals surface area (Å²) in [6.07, 6.45) is 7.42. The van der Waals surface area contributed by atoms with Crippen molar-refractivity contribution in [3.05, 3.63) is 121 Å². The molecule has 11 heteroatoms. The van der Waals surface area contributed by atoms with Crippen LogP contribution in [0.4, 0.5) is 0 Å². The first-order chi connectivity index (χ1) is 24.4. The predicted octanol–water partition coefficient (Wildman–Crippen LogP) is 8.86.